The highest BCUT2D eigenvalue weighted by Gasteiger charge is 2.51. The van der Waals surface area contributed by atoms with Crippen LogP contribution < -0.4 is 0 Å². The van der Waals surface area contributed by atoms with Crippen LogP contribution in [0.15, 0.2) is 35.2 Å². The third-order valence-corrected chi connectivity index (χ3v) is 7.13. The number of alkyl halides is 1. The quantitative estimate of drug-likeness (QED) is 0.788. The lowest BCUT2D eigenvalue weighted by atomic mass is 9.88. The summed E-state index contributed by atoms with van der Waals surface area (Å²) in [6.07, 6.45) is 1.80. The van der Waals surface area contributed by atoms with Gasteiger partial charge in [0.1, 0.15) is 5.78 Å². The maximum atomic E-state index is 12.7. The second kappa shape index (κ2) is 4.60. The first-order valence-corrected chi connectivity index (χ1v) is 8.44. The summed E-state index contributed by atoms with van der Waals surface area (Å²) < 4.78 is 25.4. The van der Waals surface area contributed by atoms with Crippen LogP contribution in [0.5, 0.6) is 0 Å². The number of carbonyl (C=O) groups is 1. The SMILES string of the molecule is O=C1C[C@@H]2C[C@H](Cl)[C@@H](S(=O)(=O)c3ccccc3)[C@H]1C2. The van der Waals surface area contributed by atoms with Crippen LogP contribution in [0.2, 0.25) is 0 Å². The van der Waals surface area contributed by atoms with Crippen LogP contribution in [0.1, 0.15) is 19.3 Å². The molecular formula is C14H15ClO3S. The topological polar surface area (TPSA) is 51.2 Å². The number of fused-ring (bicyclic) bond motifs is 2. The second-order valence-electron chi connectivity index (χ2n) is 5.45. The van der Waals surface area contributed by atoms with Crippen molar-refractivity contribution < 1.29 is 13.2 Å². The van der Waals surface area contributed by atoms with Gasteiger partial charge in [-0.3, -0.25) is 4.79 Å². The van der Waals surface area contributed by atoms with Gasteiger partial charge in [-0.25, -0.2) is 8.42 Å². The Kier molecular flexibility index (Phi) is 3.18. The Morgan fingerprint density at radius 1 is 1.11 bits per heavy atom. The number of hydrogen-bond acceptors (Lipinski definition) is 3. The first-order valence-electron chi connectivity index (χ1n) is 6.46. The summed E-state index contributed by atoms with van der Waals surface area (Å²) in [4.78, 5) is 12.2. The van der Waals surface area contributed by atoms with Crippen molar-refractivity contribution in [1.82, 2.24) is 0 Å². The van der Waals surface area contributed by atoms with Gasteiger partial charge in [-0.05, 0) is 30.9 Å². The predicted octanol–water partition coefficient (Wildman–Crippen LogP) is 2.44. The Morgan fingerprint density at radius 3 is 2.47 bits per heavy atom. The molecule has 0 aromatic heterocycles. The number of Topliss-reactive ketones (excluding diaryl/α,β-unsaturated/α-hetero) is 1. The van der Waals surface area contributed by atoms with Gasteiger partial charge >= 0.3 is 0 Å². The average Bonchev–Trinajstić information content (AvgIpc) is 2.66. The molecule has 2 bridgehead atoms. The van der Waals surface area contributed by atoms with Gasteiger partial charge in [0, 0.05) is 12.3 Å². The number of rotatable bonds is 2. The van der Waals surface area contributed by atoms with E-state index in [0.717, 1.165) is 0 Å². The fraction of sp³-hybridized carbons (Fsp3) is 0.500. The third-order valence-electron chi connectivity index (χ3n) is 4.23. The lowest BCUT2D eigenvalue weighted by molar-refractivity contribution is -0.120. The molecule has 0 heterocycles. The van der Waals surface area contributed by atoms with Crippen molar-refractivity contribution in [3.8, 4) is 0 Å². The van der Waals surface area contributed by atoms with Crippen LogP contribution in [0.25, 0.3) is 0 Å². The average molecular weight is 299 g/mol. The third kappa shape index (κ3) is 2.11. The van der Waals surface area contributed by atoms with E-state index in [4.69, 9.17) is 11.6 Å². The smallest absolute Gasteiger partial charge is 0.183 e. The fourth-order valence-electron chi connectivity index (χ4n) is 3.39. The molecule has 3 rings (SSSR count). The van der Waals surface area contributed by atoms with Crippen LogP contribution in [0.4, 0.5) is 0 Å². The summed E-state index contributed by atoms with van der Waals surface area (Å²) in [6, 6.07) is 8.31. The molecule has 2 aliphatic rings. The lowest BCUT2D eigenvalue weighted by Gasteiger charge is -2.31. The first kappa shape index (κ1) is 13.1. The van der Waals surface area contributed by atoms with Crippen molar-refractivity contribution in [2.45, 2.75) is 34.8 Å². The molecule has 0 aliphatic heterocycles. The zero-order chi connectivity index (χ0) is 13.6. The van der Waals surface area contributed by atoms with Crippen LogP contribution in [0.3, 0.4) is 0 Å². The minimum absolute atomic E-state index is 0.0673. The summed E-state index contributed by atoms with van der Waals surface area (Å²) in [5, 5.41) is -1.22. The number of benzene rings is 1. The lowest BCUT2D eigenvalue weighted by Crippen LogP contribution is -2.42. The minimum atomic E-state index is -3.53. The molecule has 0 N–H and O–H groups in total. The molecule has 5 heteroatoms. The minimum Gasteiger partial charge on any atom is -0.299 e. The molecule has 0 saturated heterocycles. The van der Waals surface area contributed by atoms with Gasteiger partial charge in [0.15, 0.2) is 9.84 Å². The standard InChI is InChI=1S/C14H15ClO3S/c15-12-7-9-6-11(13(16)8-9)14(12)19(17,18)10-4-2-1-3-5-10/h1-5,9,11-12,14H,6-8H2/t9-,11-,12-,14-/m0/s1. The van der Waals surface area contributed by atoms with Crippen LogP contribution in [0, 0.1) is 11.8 Å². The van der Waals surface area contributed by atoms with Crippen molar-refractivity contribution in [3.63, 3.8) is 0 Å². The van der Waals surface area contributed by atoms with E-state index in [9.17, 15) is 13.2 Å². The van der Waals surface area contributed by atoms with E-state index in [1.807, 2.05) is 0 Å². The Balaban J connectivity index is 2.03. The van der Waals surface area contributed by atoms with Crippen LogP contribution in [-0.4, -0.2) is 24.8 Å². The molecule has 2 aliphatic carbocycles. The fourth-order valence-corrected chi connectivity index (χ4v) is 6.27. The summed E-state index contributed by atoms with van der Waals surface area (Å²) >= 11 is 6.28. The summed E-state index contributed by atoms with van der Waals surface area (Å²) in [7, 11) is -3.53. The van der Waals surface area contributed by atoms with E-state index < -0.39 is 26.4 Å². The molecule has 2 saturated carbocycles. The molecule has 3 nitrogen and oxygen atoms in total. The number of ketones is 1. The predicted molar refractivity (Wildman–Crippen MR) is 72.9 cm³/mol. The molecule has 2 fully saturated rings. The highest BCUT2D eigenvalue weighted by Crippen LogP contribution is 2.45. The van der Waals surface area contributed by atoms with Gasteiger partial charge in [0.05, 0.1) is 15.5 Å². The normalized spacial score (nSPS) is 34.5. The highest BCUT2D eigenvalue weighted by atomic mass is 35.5. The largest absolute Gasteiger partial charge is 0.299 e. The van der Waals surface area contributed by atoms with E-state index >= 15 is 0 Å². The van der Waals surface area contributed by atoms with Crippen molar-refractivity contribution >= 4 is 27.2 Å². The zero-order valence-electron chi connectivity index (χ0n) is 10.3. The molecule has 0 amide bonds. The Bertz CT molecular complexity index is 596. The summed E-state index contributed by atoms with van der Waals surface area (Å²) in [5.74, 6) is -0.0636. The van der Waals surface area contributed by atoms with E-state index in [1.165, 1.54) is 0 Å². The van der Waals surface area contributed by atoms with Gasteiger partial charge in [0.2, 0.25) is 0 Å². The summed E-state index contributed by atoms with van der Waals surface area (Å²) in [5.41, 5.74) is 0. The van der Waals surface area contributed by atoms with Gasteiger partial charge in [-0.1, -0.05) is 18.2 Å². The highest BCUT2D eigenvalue weighted by molar-refractivity contribution is 7.92. The van der Waals surface area contributed by atoms with E-state index in [0.29, 0.717) is 19.3 Å². The number of hydrogen-bond donors (Lipinski definition) is 0. The Hall–Kier alpha value is -0.870. The number of halogens is 1. The van der Waals surface area contributed by atoms with Crippen LogP contribution >= 0.6 is 11.6 Å². The Morgan fingerprint density at radius 2 is 1.79 bits per heavy atom. The van der Waals surface area contributed by atoms with E-state index in [1.54, 1.807) is 30.3 Å². The first-order chi connectivity index (χ1) is 9.00. The van der Waals surface area contributed by atoms with Crippen molar-refractivity contribution in [2.75, 3.05) is 0 Å². The van der Waals surface area contributed by atoms with E-state index in [-0.39, 0.29) is 16.6 Å². The van der Waals surface area contributed by atoms with Gasteiger partial charge in [-0.15, -0.1) is 11.6 Å². The maximum Gasteiger partial charge on any atom is 0.183 e. The molecule has 1 aromatic rings. The molecule has 0 spiro atoms. The molecule has 0 radical (unpaired) electrons. The molecular weight excluding hydrogens is 284 g/mol. The number of sulfone groups is 1. The molecule has 102 valence electrons. The van der Waals surface area contributed by atoms with Gasteiger partial charge < -0.3 is 0 Å². The second-order valence-corrected chi connectivity index (χ2v) is 8.12. The van der Waals surface area contributed by atoms with Crippen molar-refractivity contribution in [2.24, 2.45) is 11.8 Å². The van der Waals surface area contributed by atoms with Gasteiger partial charge in [-0.2, -0.15) is 0 Å². The zero-order valence-corrected chi connectivity index (χ0v) is 11.9. The molecule has 19 heavy (non-hydrogen) atoms. The monoisotopic (exact) mass is 298 g/mol. The summed E-state index contributed by atoms with van der Waals surface area (Å²) in [6.45, 7) is 0. The molecule has 4 atom stereocenters. The molecule has 0 unspecified atom stereocenters. The van der Waals surface area contributed by atoms with Crippen LogP contribution in [-0.2, 0) is 14.6 Å². The number of carbonyl (C=O) groups excluding carboxylic acids is 1. The van der Waals surface area contributed by atoms with Gasteiger partial charge in [0.25, 0.3) is 0 Å². The Labute approximate surface area is 117 Å². The molecule has 1 aromatic carbocycles. The van der Waals surface area contributed by atoms with E-state index in [2.05, 4.69) is 0 Å². The maximum absolute atomic E-state index is 12.7. The van der Waals surface area contributed by atoms with Crippen molar-refractivity contribution in [1.29, 1.82) is 0 Å². The van der Waals surface area contributed by atoms with Crippen molar-refractivity contribution in [3.05, 3.63) is 30.3 Å².